The first-order valence-corrected chi connectivity index (χ1v) is 7.80. The molecule has 1 unspecified atom stereocenters. The van der Waals surface area contributed by atoms with Gasteiger partial charge in [0.1, 0.15) is 0 Å². The molecule has 1 aromatic rings. The van der Waals surface area contributed by atoms with E-state index in [1.807, 2.05) is 5.38 Å². The number of hydrogen-bond donors (Lipinski definition) is 2. The van der Waals surface area contributed by atoms with E-state index in [9.17, 15) is 9.59 Å². The molecule has 21 heavy (non-hydrogen) atoms. The lowest BCUT2D eigenvalue weighted by Crippen LogP contribution is -2.48. The smallest absolute Gasteiger partial charge is 0.317 e. The zero-order valence-electron chi connectivity index (χ0n) is 12.0. The second kappa shape index (κ2) is 7.94. The Balaban J connectivity index is 1.82. The lowest BCUT2D eigenvalue weighted by molar-refractivity contribution is -0.121. The largest absolute Gasteiger partial charge is 0.383 e. The molecule has 7 nitrogen and oxygen atoms in total. The molecule has 1 aliphatic heterocycles. The number of carbonyl (C=O) groups is 2. The van der Waals surface area contributed by atoms with Crippen LogP contribution in [0.15, 0.2) is 11.6 Å². The fourth-order valence-electron chi connectivity index (χ4n) is 2.24. The lowest BCUT2D eigenvalue weighted by Gasteiger charge is -2.31. The number of nitrogens with zero attached hydrogens (tertiary/aromatic N) is 2. The number of amides is 3. The second-order valence-electron chi connectivity index (χ2n) is 4.84. The molecule has 0 spiro atoms. The average molecular weight is 312 g/mol. The summed E-state index contributed by atoms with van der Waals surface area (Å²) < 4.78 is 4.89. The monoisotopic (exact) mass is 312 g/mol. The zero-order valence-corrected chi connectivity index (χ0v) is 12.8. The predicted octanol–water partition coefficient (Wildman–Crippen LogP) is 1.15. The van der Waals surface area contributed by atoms with Gasteiger partial charge >= 0.3 is 6.03 Å². The molecule has 0 radical (unpaired) electrons. The number of rotatable bonds is 5. The molecule has 0 saturated carbocycles. The third-order valence-corrected chi connectivity index (χ3v) is 4.01. The molecule has 1 aromatic heterocycles. The predicted molar refractivity (Wildman–Crippen MR) is 80.3 cm³/mol. The summed E-state index contributed by atoms with van der Waals surface area (Å²) in [5.74, 6) is -0.254. The van der Waals surface area contributed by atoms with Crippen LogP contribution in [0.1, 0.15) is 12.8 Å². The van der Waals surface area contributed by atoms with Crippen LogP contribution in [0.25, 0.3) is 0 Å². The minimum Gasteiger partial charge on any atom is -0.383 e. The maximum Gasteiger partial charge on any atom is 0.317 e. The van der Waals surface area contributed by atoms with Crippen molar-refractivity contribution in [3.05, 3.63) is 11.6 Å². The van der Waals surface area contributed by atoms with Crippen molar-refractivity contribution in [3.8, 4) is 0 Å². The Kier molecular flexibility index (Phi) is 5.94. The lowest BCUT2D eigenvalue weighted by atomic mass is 9.97. The Morgan fingerprint density at radius 1 is 1.57 bits per heavy atom. The third-order valence-electron chi connectivity index (χ3n) is 3.32. The summed E-state index contributed by atoms with van der Waals surface area (Å²) in [6.45, 7) is 2.07. The van der Waals surface area contributed by atoms with Crippen LogP contribution >= 0.6 is 11.3 Å². The van der Waals surface area contributed by atoms with E-state index in [1.165, 1.54) is 11.3 Å². The molecule has 0 aliphatic carbocycles. The van der Waals surface area contributed by atoms with E-state index in [4.69, 9.17) is 4.74 Å². The van der Waals surface area contributed by atoms with Crippen LogP contribution in [0, 0.1) is 5.92 Å². The van der Waals surface area contributed by atoms with Crippen LogP contribution in [-0.2, 0) is 9.53 Å². The number of carbonyl (C=O) groups excluding carboxylic acids is 2. The first-order valence-electron chi connectivity index (χ1n) is 6.92. The van der Waals surface area contributed by atoms with Gasteiger partial charge in [0, 0.05) is 38.3 Å². The Hall–Kier alpha value is -1.67. The van der Waals surface area contributed by atoms with Crippen LogP contribution in [0.4, 0.5) is 9.93 Å². The van der Waals surface area contributed by atoms with Crippen molar-refractivity contribution < 1.29 is 14.3 Å². The van der Waals surface area contributed by atoms with E-state index in [0.29, 0.717) is 31.4 Å². The zero-order chi connectivity index (χ0) is 15.1. The number of methoxy groups -OCH3 is 1. The van der Waals surface area contributed by atoms with Gasteiger partial charge in [-0.1, -0.05) is 0 Å². The van der Waals surface area contributed by atoms with Crippen molar-refractivity contribution in [1.82, 2.24) is 15.2 Å². The summed E-state index contributed by atoms with van der Waals surface area (Å²) in [5, 5.41) is 7.98. The van der Waals surface area contributed by atoms with Gasteiger partial charge in [-0.15, -0.1) is 11.3 Å². The second-order valence-corrected chi connectivity index (χ2v) is 5.73. The van der Waals surface area contributed by atoms with E-state index in [1.54, 1.807) is 18.2 Å². The highest BCUT2D eigenvalue weighted by atomic mass is 32.1. The Morgan fingerprint density at radius 2 is 2.43 bits per heavy atom. The number of piperidine rings is 1. The number of urea groups is 1. The highest BCUT2D eigenvalue weighted by Gasteiger charge is 2.28. The molecular weight excluding hydrogens is 292 g/mol. The van der Waals surface area contributed by atoms with E-state index in [-0.39, 0.29) is 17.9 Å². The minimum atomic E-state index is -0.184. The molecule has 116 valence electrons. The number of thiazole rings is 1. The maximum absolute atomic E-state index is 12.2. The molecule has 0 aromatic carbocycles. The fraction of sp³-hybridized carbons (Fsp3) is 0.615. The van der Waals surface area contributed by atoms with Crippen molar-refractivity contribution >= 4 is 28.4 Å². The van der Waals surface area contributed by atoms with E-state index in [2.05, 4.69) is 15.6 Å². The van der Waals surface area contributed by atoms with Gasteiger partial charge in [0.25, 0.3) is 0 Å². The average Bonchev–Trinajstić information content (AvgIpc) is 3.00. The van der Waals surface area contributed by atoms with Gasteiger partial charge < -0.3 is 20.3 Å². The van der Waals surface area contributed by atoms with Crippen LogP contribution in [0.2, 0.25) is 0 Å². The summed E-state index contributed by atoms with van der Waals surface area (Å²) in [5.41, 5.74) is 0. The Bertz CT molecular complexity index is 466. The van der Waals surface area contributed by atoms with Crippen molar-refractivity contribution in [2.45, 2.75) is 12.8 Å². The Morgan fingerprint density at radius 3 is 3.14 bits per heavy atom. The molecule has 0 bridgehead atoms. The summed E-state index contributed by atoms with van der Waals surface area (Å²) in [4.78, 5) is 29.9. The van der Waals surface area contributed by atoms with Gasteiger partial charge in [-0.05, 0) is 12.8 Å². The topological polar surface area (TPSA) is 83.6 Å². The molecule has 1 aliphatic rings. The molecule has 2 heterocycles. The summed E-state index contributed by atoms with van der Waals surface area (Å²) >= 11 is 1.39. The van der Waals surface area contributed by atoms with Crippen molar-refractivity contribution in [1.29, 1.82) is 0 Å². The van der Waals surface area contributed by atoms with Crippen molar-refractivity contribution in [2.24, 2.45) is 5.92 Å². The normalized spacial score (nSPS) is 18.3. The van der Waals surface area contributed by atoms with Crippen LogP contribution in [-0.4, -0.2) is 55.2 Å². The van der Waals surface area contributed by atoms with Gasteiger partial charge in [0.15, 0.2) is 5.13 Å². The van der Waals surface area contributed by atoms with Gasteiger partial charge in [-0.3, -0.25) is 4.79 Å². The number of likely N-dealkylation sites (tertiary alicyclic amines) is 1. The maximum atomic E-state index is 12.2. The van der Waals surface area contributed by atoms with Crippen LogP contribution in [0.3, 0.4) is 0 Å². The minimum absolute atomic E-state index is 0.0701. The number of aromatic nitrogens is 1. The van der Waals surface area contributed by atoms with E-state index < -0.39 is 0 Å². The summed E-state index contributed by atoms with van der Waals surface area (Å²) in [7, 11) is 1.59. The Labute approximate surface area is 127 Å². The standard InChI is InChI=1S/C13H20N4O3S/c1-20-7-4-15-13(19)17-6-2-3-10(9-17)11(18)16-12-14-5-8-21-12/h5,8,10H,2-4,6-7,9H2,1H3,(H,15,19)(H,14,16,18). The molecule has 3 amide bonds. The van der Waals surface area contributed by atoms with Gasteiger partial charge in [-0.2, -0.15) is 0 Å². The molecule has 2 rings (SSSR count). The molecule has 1 saturated heterocycles. The molecular formula is C13H20N4O3S. The summed E-state index contributed by atoms with van der Waals surface area (Å²) in [6, 6.07) is -0.140. The summed E-state index contributed by atoms with van der Waals surface area (Å²) in [6.07, 6.45) is 3.27. The number of nitrogens with one attached hydrogen (secondary N) is 2. The van der Waals surface area contributed by atoms with Crippen LogP contribution < -0.4 is 10.6 Å². The first-order chi connectivity index (χ1) is 10.2. The highest BCUT2D eigenvalue weighted by Crippen LogP contribution is 2.19. The van der Waals surface area contributed by atoms with E-state index >= 15 is 0 Å². The van der Waals surface area contributed by atoms with Gasteiger partial charge in [-0.25, -0.2) is 9.78 Å². The number of anilines is 1. The number of ether oxygens (including phenoxy) is 1. The quantitative estimate of drug-likeness (QED) is 0.799. The molecule has 1 fully saturated rings. The van der Waals surface area contributed by atoms with Gasteiger partial charge in [0.05, 0.1) is 12.5 Å². The van der Waals surface area contributed by atoms with E-state index in [0.717, 1.165) is 12.8 Å². The molecule has 2 N–H and O–H groups in total. The molecule has 8 heteroatoms. The SMILES string of the molecule is COCCNC(=O)N1CCCC(C(=O)Nc2nccs2)C1. The highest BCUT2D eigenvalue weighted by molar-refractivity contribution is 7.13. The van der Waals surface area contributed by atoms with Crippen LogP contribution in [0.5, 0.6) is 0 Å². The van der Waals surface area contributed by atoms with Crippen molar-refractivity contribution in [2.75, 3.05) is 38.7 Å². The van der Waals surface area contributed by atoms with Gasteiger partial charge in [0.2, 0.25) is 5.91 Å². The fourth-order valence-corrected chi connectivity index (χ4v) is 2.77. The number of hydrogen-bond acceptors (Lipinski definition) is 5. The third kappa shape index (κ3) is 4.68. The van der Waals surface area contributed by atoms with Crippen molar-refractivity contribution in [3.63, 3.8) is 0 Å². The molecule has 1 atom stereocenters. The first kappa shape index (κ1) is 15.7.